The molecule has 0 N–H and O–H groups in total. The molecule has 144 valence electrons. The maximum absolute atomic E-state index is 13.3. The smallest absolute Gasteiger partial charge is 0.283 e. The molecule has 0 bridgehead atoms. The molecule has 0 amide bonds. The van der Waals surface area contributed by atoms with Gasteiger partial charge in [-0.1, -0.05) is 22.0 Å². The van der Waals surface area contributed by atoms with Crippen LogP contribution >= 0.6 is 15.9 Å². The number of hydrogen-bond acceptors (Lipinski definition) is 3. The first-order chi connectivity index (χ1) is 13.3. The van der Waals surface area contributed by atoms with Crippen molar-refractivity contribution in [3.8, 4) is 5.69 Å². The van der Waals surface area contributed by atoms with Crippen LogP contribution in [0.2, 0.25) is 0 Å². The minimum Gasteiger partial charge on any atom is -0.283 e. The molecule has 1 aromatic carbocycles. The average Bonchev–Trinajstić information content (AvgIpc) is 3.17. The largest absolute Gasteiger partial charge is 0.333 e. The molecule has 7 nitrogen and oxygen atoms in total. The van der Waals surface area contributed by atoms with E-state index in [1.54, 1.807) is 20.0 Å². The van der Waals surface area contributed by atoms with Gasteiger partial charge in [0.15, 0.2) is 11.2 Å². The van der Waals surface area contributed by atoms with Gasteiger partial charge in [0.1, 0.15) is 0 Å². The molecule has 0 spiro atoms. The van der Waals surface area contributed by atoms with Gasteiger partial charge in [-0.2, -0.15) is 4.98 Å². The molecule has 0 radical (unpaired) electrons. The molecule has 0 aliphatic carbocycles. The summed E-state index contributed by atoms with van der Waals surface area (Å²) < 4.78 is 7.44. The summed E-state index contributed by atoms with van der Waals surface area (Å²) in [6.07, 6.45) is 1.58. The molecule has 4 aromatic rings. The molecule has 3 heterocycles. The summed E-state index contributed by atoms with van der Waals surface area (Å²) in [4.78, 5) is 30.7. The molecule has 1 atom stereocenters. The lowest BCUT2D eigenvalue weighted by Crippen LogP contribution is -2.40. The number of fused-ring (bicyclic) bond motifs is 3. The van der Waals surface area contributed by atoms with E-state index in [2.05, 4.69) is 27.5 Å². The van der Waals surface area contributed by atoms with Crippen molar-refractivity contribution in [2.45, 2.75) is 26.8 Å². The Morgan fingerprint density at radius 3 is 2.39 bits per heavy atom. The van der Waals surface area contributed by atoms with Crippen molar-refractivity contribution in [1.82, 2.24) is 23.1 Å². The number of hydrogen-bond donors (Lipinski definition) is 0. The number of nitrogens with zero attached hydrogens (tertiary/aromatic N) is 5. The monoisotopic (exact) mass is 441 g/mol. The third kappa shape index (κ3) is 2.37. The van der Waals surface area contributed by atoms with Gasteiger partial charge in [0.25, 0.3) is 5.56 Å². The van der Waals surface area contributed by atoms with Crippen LogP contribution in [0.15, 0.2) is 51.0 Å². The standard InChI is InChI=1S/C20H20BrN5O2/c1-6-11(2)24-18(27)16-17(23(5)20(24)28)22-19-25(12(3)13(4)26(16)19)15-9-7-14(21)8-10-15/h6-11H,1H2,2-5H3/t11-/m0/s1. The topological polar surface area (TPSA) is 66.2 Å². The van der Waals surface area contributed by atoms with Gasteiger partial charge in [-0.3, -0.25) is 22.9 Å². The zero-order valence-electron chi connectivity index (χ0n) is 16.1. The highest BCUT2D eigenvalue weighted by molar-refractivity contribution is 9.10. The zero-order valence-corrected chi connectivity index (χ0v) is 17.7. The van der Waals surface area contributed by atoms with Crippen LogP contribution in [0.25, 0.3) is 22.6 Å². The number of allylic oxidation sites excluding steroid dienone is 1. The Morgan fingerprint density at radius 2 is 1.79 bits per heavy atom. The second-order valence-electron chi connectivity index (χ2n) is 6.90. The third-order valence-electron chi connectivity index (χ3n) is 5.30. The first-order valence-electron chi connectivity index (χ1n) is 8.88. The molecular formula is C20H20BrN5O2. The van der Waals surface area contributed by atoms with Crippen molar-refractivity contribution in [3.05, 3.63) is 73.6 Å². The van der Waals surface area contributed by atoms with Gasteiger partial charge >= 0.3 is 5.69 Å². The average molecular weight is 442 g/mol. The summed E-state index contributed by atoms with van der Waals surface area (Å²) in [6.45, 7) is 9.43. The summed E-state index contributed by atoms with van der Waals surface area (Å²) in [5.41, 5.74) is 2.79. The fourth-order valence-electron chi connectivity index (χ4n) is 3.58. The van der Waals surface area contributed by atoms with Crippen molar-refractivity contribution in [1.29, 1.82) is 0 Å². The molecular weight excluding hydrogens is 422 g/mol. The molecule has 0 aliphatic rings. The second kappa shape index (κ2) is 6.34. The molecule has 0 saturated carbocycles. The van der Waals surface area contributed by atoms with Crippen molar-refractivity contribution in [3.63, 3.8) is 0 Å². The lowest BCUT2D eigenvalue weighted by molar-refractivity contribution is 0.574. The van der Waals surface area contributed by atoms with Crippen LogP contribution in [0.1, 0.15) is 24.4 Å². The molecule has 4 rings (SSSR count). The van der Waals surface area contributed by atoms with Crippen molar-refractivity contribution < 1.29 is 0 Å². The lowest BCUT2D eigenvalue weighted by atomic mass is 10.3. The van der Waals surface area contributed by atoms with Crippen LogP contribution in [0.4, 0.5) is 0 Å². The quantitative estimate of drug-likeness (QED) is 0.458. The Kier molecular flexibility index (Phi) is 4.19. The number of aromatic nitrogens is 5. The zero-order chi connectivity index (χ0) is 20.3. The van der Waals surface area contributed by atoms with E-state index in [0.717, 1.165) is 21.5 Å². The van der Waals surface area contributed by atoms with E-state index in [4.69, 9.17) is 0 Å². The molecule has 8 heteroatoms. The first kappa shape index (κ1) is 18.5. The third-order valence-corrected chi connectivity index (χ3v) is 5.83. The number of rotatable bonds is 3. The molecule has 3 aromatic heterocycles. The summed E-state index contributed by atoms with van der Waals surface area (Å²) >= 11 is 3.45. The van der Waals surface area contributed by atoms with Crippen molar-refractivity contribution in [2.24, 2.45) is 7.05 Å². The molecule has 0 saturated heterocycles. The number of imidazole rings is 2. The minimum atomic E-state index is -0.420. The number of aryl methyl sites for hydroxylation is 2. The maximum atomic E-state index is 13.3. The van der Waals surface area contributed by atoms with Crippen LogP contribution in [0.5, 0.6) is 0 Å². The van der Waals surface area contributed by atoms with Gasteiger partial charge in [-0.05, 0) is 45.0 Å². The van der Waals surface area contributed by atoms with E-state index in [0.29, 0.717) is 16.9 Å². The van der Waals surface area contributed by atoms with E-state index in [1.165, 1.54) is 9.13 Å². The second-order valence-corrected chi connectivity index (χ2v) is 7.81. The molecule has 0 fully saturated rings. The summed E-state index contributed by atoms with van der Waals surface area (Å²) in [7, 11) is 1.63. The SMILES string of the molecule is C=C[C@H](C)n1c(=O)c2c(nc3n(-c4ccc(Br)cc4)c(C)c(C)n23)n(C)c1=O. The maximum Gasteiger partial charge on any atom is 0.333 e. The molecule has 0 aliphatic heterocycles. The van der Waals surface area contributed by atoms with Crippen LogP contribution in [-0.4, -0.2) is 23.1 Å². The Hall–Kier alpha value is -2.87. The first-order valence-corrected chi connectivity index (χ1v) is 9.67. The van der Waals surface area contributed by atoms with E-state index in [1.807, 2.05) is 47.1 Å². The minimum absolute atomic E-state index is 0.367. The van der Waals surface area contributed by atoms with E-state index >= 15 is 0 Å². The molecule has 0 unspecified atom stereocenters. The van der Waals surface area contributed by atoms with Crippen LogP contribution in [0.3, 0.4) is 0 Å². The summed E-state index contributed by atoms with van der Waals surface area (Å²) in [6, 6.07) is 7.45. The van der Waals surface area contributed by atoms with Crippen LogP contribution < -0.4 is 11.2 Å². The van der Waals surface area contributed by atoms with E-state index in [9.17, 15) is 9.59 Å². The fourth-order valence-corrected chi connectivity index (χ4v) is 3.85. The van der Waals surface area contributed by atoms with Crippen LogP contribution in [-0.2, 0) is 7.05 Å². The highest BCUT2D eigenvalue weighted by Gasteiger charge is 2.24. The Labute approximate surface area is 169 Å². The normalized spacial score (nSPS) is 12.8. The van der Waals surface area contributed by atoms with Gasteiger partial charge in [-0.25, -0.2) is 4.79 Å². The van der Waals surface area contributed by atoms with E-state index < -0.39 is 11.7 Å². The highest BCUT2D eigenvalue weighted by atomic mass is 79.9. The van der Waals surface area contributed by atoms with Gasteiger partial charge in [-0.15, -0.1) is 6.58 Å². The summed E-state index contributed by atoms with van der Waals surface area (Å²) in [5.74, 6) is 0.600. The lowest BCUT2D eigenvalue weighted by Gasteiger charge is -2.11. The van der Waals surface area contributed by atoms with E-state index in [-0.39, 0.29) is 5.56 Å². The Bertz CT molecular complexity index is 1370. The fraction of sp³-hybridized carbons (Fsp3) is 0.250. The molecule has 28 heavy (non-hydrogen) atoms. The Balaban J connectivity index is 2.21. The predicted octanol–water partition coefficient (Wildman–Crippen LogP) is 3.26. The van der Waals surface area contributed by atoms with Gasteiger partial charge in [0, 0.05) is 28.6 Å². The van der Waals surface area contributed by atoms with Crippen molar-refractivity contribution in [2.75, 3.05) is 0 Å². The van der Waals surface area contributed by atoms with Gasteiger partial charge in [0.2, 0.25) is 5.78 Å². The van der Waals surface area contributed by atoms with Gasteiger partial charge in [0.05, 0.1) is 6.04 Å². The highest BCUT2D eigenvalue weighted by Crippen LogP contribution is 2.25. The predicted molar refractivity (Wildman–Crippen MR) is 114 cm³/mol. The van der Waals surface area contributed by atoms with Gasteiger partial charge < -0.3 is 0 Å². The number of benzene rings is 1. The Morgan fingerprint density at radius 1 is 1.14 bits per heavy atom. The van der Waals surface area contributed by atoms with Crippen molar-refractivity contribution >= 4 is 32.9 Å². The summed E-state index contributed by atoms with van der Waals surface area (Å²) in [5, 5.41) is 0. The van der Waals surface area contributed by atoms with Crippen LogP contribution in [0, 0.1) is 13.8 Å². The number of halogens is 1.